The van der Waals surface area contributed by atoms with Crippen molar-refractivity contribution in [2.75, 3.05) is 13.2 Å². The number of aliphatic hydroxyl groups is 6. The molecule has 7 N–H and O–H groups in total. The second-order valence-corrected chi connectivity index (χ2v) is 14.9. The molecule has 0 saturated carbocycles. The van der Waals surface area contributed by atoms with Gasteiger partial charge in [0.05, 0.1) is 25.4 Å². The molecule has 1 heterocycles. The van der Waals surface area contributed by atoms with Crippen LogP contribution in [0.3, 0.4) is 0 Å². The summed E-state index contributed by atoms with van der Waals surface area (Å²) in [5.41, 5.74) is 1.16. The molecule has 2 unspecified atom stereocenters. The molecule has 10 nitrogen and oxygen atoms in total. The van der Waals surface area contributed by atoms with E-state index in [1.807, 2.05) is 12.1 Å². The highest BCUT2D eigenvalue weighted by molar-refractivity contribution is 5.76. The number of carbonyl (C=O) groups excluding carboxylic acids is 1. The van der Waals surface area contributed by atoms with E-state index in [4.69, 9.17) is 9.47 Å². The Hall–Kier alpha value is -1.70. The third-order valence-corrected chi connectivity index (χ3v) is 10.3. The minimum absolute atomic E-state index is 0.210. The lowest BCUT2D eigenvalue weighted by atomic mass is 9.98. The van der Waals surface area contributed by atoms with Gasteiger partial charge in [-0.2, -0.15) is 0 Å². The minimum Gasteiger partial charge on any atom is -0.394 e. The second-order valence-electron chi connectivity index (χ2n) is 14.9. The standard InChI is InChI=1S/C41H72FNO9/c1-2-3-4-5-6-7-8-9-10-14-17-20-23-34(45)37(47)33(30-51-41-40(50)39(49)38(48)35(29-44)52-41)43-36(46)24-21-18-15-12-11-13-16-19-22-31-25-27-32(42)28-26-31/h25-28,33-35,37-41,44-45,47-50H,2-24,29-30H2,1H3,(H,43,46)/t33-,34+,35?,37-,38+,39-,40?,41-/m0/s1. The first-order chi connectivity index (χ1) is 25.2. The Kier molecular flexibility index (Phi) is 25.6. The summed E-state index contributed by atoms with van der Waals surface area (Å²) < 4.78 is 24.1. The summed E-state index contributed by atoms with van der Waals surface area (Å²) >= 11 is 0. The lowest BCUT2D eigenvalue weighted by molar-refractivity contribution is -0.303. The Morgan fingerprint density at radius 1 is 0.750 bits per heavy atom. The van der Waals surface area contributed by atoms with Gasteiger partial charge in [-0.05, 0) is 43.4 Å². The molecule has 11 heteroatoms. The van der Waals surface area contributed by atoms with Crippen molar-refractivity contribution < 1.29 is 49.3 Å². The lowest BCUT2D eigenvalue weighted by Crippen LogP contribution is -2.60. The zero-order valence-corrected chi connectivity index (χ0v) is 31.9. The van der Waals surface area contributed by atoms with Crippen LogP contribution in [0.5, 0.6) is 0 Å². The van der Waals surface area contributed by atoms with Gasteiger partial charge in [-0.15, -0.1) is 0 Å². The number of ether oxygens (including phenoxy) is 2. The number of carbonyl (C=O) groups is 1. The van der Waals surface area contributed by atoms with Crippen LogP contribution in [0.25, 0.3) is 0 Å². The molecule has 8 atom stereocenters. The molecule has 0 radical (unpaired) electrons. The Labute approximate surface area is 312 Å². The summed E-state index contributed by atoms with van der Waals surface area (Å²) in [6.45, 7) is 1.29. The van der Waals surface area contributed by atoms with Gasteiger partial charge in [-0.25, -0.2) is 4.39 Å². The molecule has 1 saturated heterocycles. The SMILES string of the molecule is CCCCCCCCCCCCCC[C@@H](O)[C@@H](O)[C@H](CO[C@H]1OC(CO)[C@@H](O)[C@H](O)C1O)NC(=O)CCCCCCCCCCc1ccc(F)cc1. The van der Waals surface area contributed by atoms with Crippen molar-refractivity contribution in [1.29, 1.82) is 0 Å². The Morgan fingerprint density at radius 3 is 1.83 bits per heavy atom. The number of aryl methyl sites for hydroxylation is 1. The highest BCUT2D eigenvalue weighted by Gasteiger charge is 2.44. The topological polar surface area (TPSA) is 169 Å². The quantitative estimate of drug-likeness (QED) is 0.0452. The molecule has 1 aromatic rings. The van der Waals surface area contributed by atoms with Gasteiger partial charge in [-0.3, -0.25) is 4.79 Å². The van der Waals surface area contributed by atoms with Crippen molar-refractivity contribution in [2.24, 2.45) is 0 Å². The molecule has 0 spiro atoms. The Bertz CT molecular complexity index is 1020. The van der Waals surface area contributed by atoms with Crippen LogP contribution in [-0.4, -0.2) is 98.7 Å². The van der Waals surface area contributed by atoms with Gasteiger partial charge in [0.25, 0.3) is 0 Å². The number of amides is 1. The molecule has 0 aromatic heterocycles. The second kappa shape index (κ2) is 28.7. The molecule has 302 valence electrons. The van der Waals surface area contributed by atoms with Crippen LogP contribution in [0.1, 0.15) is 154 Å². The van der Waals surface area contributed by atoms with Gasteiger partial charge in [0, 0.05) is 6.42 Å². The van der Waals surface area contributed by atoms with Gasteiger partial charge < -0.3 is 45.4 Å². The Morgan fingerprint density at radius 2 is 1.27 bits per heavy atom. The van der Waals surface area contributed by atoms with E-state index < -0.39 is 55.6 Å². The first-order valence-corrected chi connectivity index (χ1v) is 20.5. The number of benzene rings is 1. The van der Waals surface area contributed by atoms with E-state index in [9.17, 15) is 39.8 Å². The fraction of sp³-hybridized carbons (Fsp3) is 0.829. The maximum Gasteiger partial charge on any atom is 0.220 e. The minimum atomic E-state index is -1.62. The van der Waals surface area contributed by atoms with Crippen molar-refractivity contribution in [2.45, 2.75) is 204 Å². The highest BCUT2D eigenvalue weighted by Crippen LogP contribution is 2.23. The highest BCUT2D eigenvalue weighted by atomic mass is 19.1. The maximum atomic E-state index is 13.0. The normalized spacial score (nSPS) is 22.3. The van der Waals surface area contributed by atoms with E-state index in [1.165, 1.54) is 63.5 Å². The number of halogens is 1. The van der Waals surface area contributed by atoms with Crippen molar-refractivity contribution >= 4 is 5.91 Å². The van der Waals surface area contributed by atoms with Crippen LogP contribution in [0.4, 0.5) is 4.39 Å². The molecule has 0 aliphatic carbocycles. The van der Waals surface area contributed by atoms with Crippen LogP contribution in [-0.2, 0) is 20.7 Å². The summed E-state index contributed by atoms with van der Waals surface area (Å²) in [5.74, 6) is -0.502. The fourth-order valence-corrected chi connectivity index (χ4v) is 6.87. The summed E-state index contributed by atoms with van der Waals surface area (Å²) in [6.07, 6.45) is 14.1. The van der Waals surface area contributed by atoms with E-state index >= 15 is 0 Å². The smallest absolute Gasteiger partial charge is 0.220 e. The molecular weight excluding hydrogens is 669 g/mol. The average Bonchev–Trinajstić information content (AvgIpc) is 3.14. The number of rotatable bonds is 31. The van der Waals surface area contributed by atoms with Crippen molar-refractivity contribution in [1.82, 2.24) is 5.32 Å². The molecular formula is C41H72FNO9. The monoisotopic (exact) mass is 742 g/mol. The summed E-state index contributed by atoms with van der Waals surface area (Å²) in [6, 6.07) is 5.66. The van der Waals surface area contributed by atoms with Gasteiger partial charge in [0.15, 0.2) is 6.29 Å². The maximum absolute atomic E-state index is 13.0. The van der Waals surface area contributed by atoms with Crippen LogP contribution in [0.15, 0.2) is 24.3 Å². The van der Waals surface area contributed by atoms with Crippen molar-refractivity contribution in [3.8, 4) is 0 Å². The summed E-state index contributed by atoms with van der Waals surface area (Å²) in [5, 5.41) is 64.9. The first kappa shape index (κ1) is 46.5. The number of aliphatic hydroxyl groups excluding tert-OH is 6. The fourth-order valence-electron chi connectivity index (χ4n) is 6.87. The molecule has 2 rings (SSSR count). The van der Waals surface area contributed by atoms with Gasteiger partial charge in [0.2, 0.25) is 5.91 Å². The summed E-state index contributed by atoms with van der Waals surface area (Å²) in [4.78, 5) is 12.9. The number of unbranched alkanes of at least 4 members (excludes halogenated alkanes) is 18. The van der Waals surface area contributed by atoms with Crippen LogP contribution in [0.2, 0.25) is 0 Å². The third-order valence-electron chi connectivity index (χ3n) is 10.3. The zero-order chi connectivity index (χ0) is 38.0. The first-order valence-electron chi connectivity index (χ1n) is 20.5. The molecule has 52 heavy (non-hydrogen) atoms. The summed E-state index contributed by atoms with van der Waals surface area (Å²) in [7, 11) is 0. The zero-order valence-electron chi connectivity index (χ0n) is 31.9. The molecule has 0 bridgehead atoms. The number of nitrogens with one attached hydrogen (secondary N) is 1. The van der Waals surface area contributed by atoms with Crippen LogP contribution >= 0.6 is 0 Å². The number of hydrogen-bond donors (Lipinski definition) is 7. The predicted octanol–water partition coefficient (Wildman–Crippen LogP) is 5.99. The molecule has 1 aliphatic heterocycles. The molecule has 1 aromatic carbocycles. The third kappa shape index (κ3) is 19.6. The Balaban J connectivity index is 1.72. The number of hydrogen-bond acceptors (Lipinski definition) is 9. The van der Waals surface area contributed by atoms with Gasteiger partial charge >= 0.3 is 0 Å². The van der Waals surface area contributed by atoms with E-state index in [0.29, 0.717) is 12.8 Å². The molecule has 1 amide bonds. The van der Waals surface area contributed by atoms with E-state index in [1.54, 1.807) is 0 Å². The van der Waals surface area contributed by atoms with Crippen molar-refractivity contribution in [3.05, 3.63) is 35.6 Å². The largest absolute Gasteiger partial charge is 0.394 e. The predicted molar refractivity (Wildman–Crippen MR) is 201 cm³/mol. The molecule has 1 fully saturated rings. The van der Waals surface area contributed by atoms with Crippen molar-refractivity contribution in [3.63, 3.8) is 0 Å². The van der Waals surface area contributed by atoms with E-state index in [2.05, 4.69) is 12.2 Å². The van der Waals surface area contributed by atoms with E-state index in [-0.39, 0.29) is 24.8 Å². The van der Waals surface area contributed by atoms with Crippen LogP contribution in [0, 0.1) is 5.82 Å². The van der Waals surface area contributed by atoms with E-state index in [0.717, 1.165) is 82.6 Å². The molecule has 1 aliphatic rings. The van der Waals surface area contributed by atoms with Crippen LogP contribution < -0.4 is 5.32 Å². The van der Waals surface area contributed by atoms with Gasteiger partial charge in [-0.1, -0.05) is 135 Å². The van der Waals surface area contributed by atoms with Gasteiger partial charge in [0.1, 0.15) is 36.3 Å². The lowest BCUT2D eigenvalue weighted by Gasteiger charge is -2.40. The average molecular weight is 742 g/mol.